The number of thioether (sulfide) groups is 1. The molecule has 0 aliphatic heterocycles. The van der Waals surface area contributed by atoms with E-state index in [0.29, 0.717) is 20.6 Å². The van der Waals surface area contributed by atoms with Gasteiger partial charge in [0.25, 0.3) is 5.91 Å². The second-order valence-corrected chi connectivity index (χ2v) is 8.30. The van der Waals surface area contributed by atoms with Gasteiger partial charge in [-0.25, -0.2) is 0 Å². The number of carbonyl (C=O) groups is 2. The molecular formula is C16H14Cl2N2O2S2. The fourth-order valence-corrected chi connectivity index (χ4v) is 5.25. The van der Waals surface area contributed by atoms with Crippen LogP contribution in [0.4, 0.5) is 5.00 Å². The lowest BCUT2D eigenvalue weighted by atomic mass is 10.1. The standard InChI is InChI=1S/C16H14Cl2N2O2S2/c17-8-4-5-10(18)12(6-8)23-7-13(21)20-16-14(15(19)22)9-2-1-3-11(9)24-16/h4-6H,1-3,7H2,(H2,19,22)(H,20,21). The second-order valence-electron chi connectivity index (χ2n) is 5.34. The molecule has 0 unspecified atom stereocenters. The van der Waals surface area contributed by atoms with Crippen LogP contribution in [-0.2, 0) is 17.6 Å². The SMILES string of the molecule is NC(=O)c1c(NC(=O)CSc2cc(Cl)ccc2Cl)sc2c1CCC2. The summed E-state index contributed by atoms with van der Waals surface area (Å²) in [5.41, 5.74) is 6.95. The van der Waals surface area contributed by atoms with Crippen LogP contribution in [0.3, 0.4) is 0 Å². The van der Waals surface area contributed by atoms with Gasteiger partial charge in [-0.2, -0.15) is 0 Å². The molecule has 0 fully saturated rings. The molecule has 1 aromatic carbocycles. The van der Waals surface area contributed by atoms with Crippen molar-refractivity contribution < 1.29 is 9.59 Å². The number of primary amides is 1. The van der Waals surface area contributed by atoms with Gasteiger partial charge in [0.05, 0.1) is 16.3 Å². The molecular weight excluding hydrogens is 387 g/mol. The average molecular weight is 401 g/mol. The van der Waals surface area contributed by atoms with Crippen LogP contribution in [0.2, 0.25) is 10.0 Å². The van der Waals surface area contributed by atoms with Crippen molar-refractivity contribution in [2.24, 2.45) is 5.73 Å². The molecule has 0 saturated heterocycles. The van der Waals surface area contributed by atoms with E-state index < -0.39 is 5.91 Å². The lowest BCUT2D eigenvalue weighted by molar-refractivity contribution is -0.113. The Morgan fingerprint density at radius 1 is 1.29 bits per heavy atom. The predicted molar refractivity (Wildman–Crippen MR) is 101 cm³/mol. The summed E-state index contributed by atoms with van der Waals surface area (Å²) in [7, 11) is 0. The van der Waals surface area contributed by atoms with Crippen molar-refractivity contribution in [1.82, 2.24) is 0 Å². The Morgan fingerprint density at radius 3 is 2.83 bits per heavy atom. The normalized spacial score (nSPS) is 12.9. The first-order valence-corrected chi connectivity index (χ1v) is 9.83. The molecule has 8 heteroatoms. The highest BCUT2D eigenvalue weighted by atomic mass is 35.5. The number of aryl methyl sites for hydroxylation is 1. The van der Waals surface area contributed by atoms with Crippen LogP contribution in [0.5, 0.6) is 0 Å². The molecule has 3 rings (SSSR count). The number of nitrogens with one attached hydrogen (secondary N) is 1. The number of rotatable bonds is 5. The van der Waals surface area contributed by atoms with Crippen molar-refractivity contribution in [3.63, 3.8) is 0 Å². The van der Waals surface area contributed by atoms with E-state index in [1.165, 1.54) is 23.1 Å². The number of halogens is 2. The first-order valence-electron chi connectivity index (χ1n) is 7.27. The molecule has 3 N–H and O–H groups in total. The van der Waals surface area contributed by atoms with Crippen molar-refractivity contribution in [3.05, 3.63) is 44.2 Å². The topological polar surface area (TPSA) is 72.2 Å². The van der Waals surface area contributed by atoms with Gasteiger partial charge < -0.3 is 11.1 Å². The Kier molecular flexibility index (Phi) is 5.39. The van der Waals surface area contributed by atoms with Gasteiger partial charge in [-0.3, -0.25) is 9.59 Å². The van der Waals surface area contributed by atoms with E-state index in [2.05, 4.69) is 5.32 Å². The first kappa shape index (κ1) is 17.6. The molecule has 2 amide bonds. The van der Waals surface area contributed by atoms with Gasteiger partial charge in [-0.05, 0) is 43.0 Å². The Bertz CT molecular complexity index is 821. The molecule has 0 saturated carbocycles. The zero-order valence-corrected chi connectivity index (χ0v) is 15.7. The highest BCUT2D eigenvalue weighted by Gasteiger charge is 2.26. The zero-order valence-electron chi connectivity index (χ0n) is 12.5. The van der Waals surface area contributed by atoms with Crippen molar-refractivity contribution in [1.29, 1.82) is 0 Å². The van der Waals surface area contributed by atoms with Crippen LogP contribution in [-0.4, -0.2) is 17.6 Å². The number of benzene rings is 1. The smallest absolute Gasteiger partial charge is 0.251 e. The highest BCUT2D eigenvalue weighted by Crippen LogP contribution is 2.39. The largest absolute Gasteiger partial charge is 0.365 e. The Labute approximate surface area is 157 Å². The molecule has 4 nitrogen and oxygen atoms in total. The maximum atomic E-state index is 12.2. The first-order chi connectivity index (χ1) is 11.5. The number of hydrogen-bond donors (Lipinski definition) is 2. The van der Waals surface area contributed by atoms with Gasteiger partial charge in [0.1, 0.15) is 5.00 Å². The van der Waals surface area contributed by atoms with Crippen molar-refractivity contribution in [3.8, 4) is 0 Å². The minimum absolute atomic E-state index is 0.167. The third-order valence-electron chi connectivity index (χ3n) is 3.67. The van der Waals surface area contributed by atoms with Crippen molar-refractivity contribution >= 4 is 63.1 Å². The van der Waals surface area contributed by atoms with E-state index in [1.807, 2.05) is 0 Å². The van der Waals surface area contributed by atoms with E-state index in [0.717, 1.165) is 34.6 Å². The van der Waals surface area contributed by atoms with Crippen LogP contribution in [0, 0.1) is 0 Å². The number of hydrogen-bond acceptors (Lipinski definition) is 4. The lowest BCUT2D eigenvalue weighted by Gasteiger charge is -2.07. The Balaban J connectivity index is 1.70. The number of thiophene rings is 1. The molecule has 1 aliphatic rings. The molecule has 0 atom stereocenters. The van der Waals surface area contributed by atoms with E-state index >= 15 is 0 Å². The van der Waals surface area contributed by atoms with Crippen LogP contribution < -0.4 is 11.1 Å². The van der Waals surface area contributed by atoms with Gasteiger partial charge in [-0.15, -0.1) is 23.1 Å². The van der Waals surface area contributed by atoms with Gasteiger partial charge >= 0.3 is 0 Å². The summed E-state index contributed by atoms with van der Waals surface area (Å²) in [6, 6.07) is 5.11. The van der Waals surface area contributed by atoms with Crippen LogP contribution in [0.25, 0.3) is 0 Å². The molecule has 0 bridgehead atoms. The Hall–Kier alpha value is -1.21. The third kappa shape index (κ3) is 3.72. The number of fused-ring (bicyclic) bond motifs is 1. The van der Waals surface area contributed by atoms with Crippen LogP contribution in [0.1, 0.15) is 27.2 Å². The quantitative estimate of drug-likeness (QED) is 0.731. The van der Waals surface area contributed by atoms with Crippen LogP contribution in [0.15, 0.2) is 23.1 Å². The number of amides is 2. The summed E-state index contributed by atoms with van der Waals surface area (Å²) in [6.45, 7) is 0. The summed E-state index contributed by atoms with van der Waals surface area (Å²) >= 11 is 14.8. The maximum Gasteiger partial charge on any atom is 0.251 e. The highest BCUT2D eigenvalue weighted by molar-refractivity contribution is 8.00. The molecule has 24 heavy (non-hydrogen) atoms. The molecule has 126 valence electrons. The minimum atomic E-state index is -0.491. The minimum Gasteiger partial charge on any atom is -0.365 e. The summed E-state index contributed by atoms with van der Waals surface area (Å²) in [4.78, 5) is 25.8. The monoisotopic (exact) mass is 400 g/mol. The molecule has 0 radical (unpaired) electrons. The van der Waals surface area contributed by atoms with Gasteiger partial charge in [0, 0.05) is 14.8 Å². The predicted octanol–water partition coefficient (Wildman–Crippen LogP) is 4.37. The summed E-state index contributed by atoms with van der Waals surface area (Å²) in [5, 5.41) is 4.47. The number of nitrogens with two attached hydrogens (primary N) is 1. The van der Waals surface area contributed by atoms with Gasteiger partial charge in [0.15, 0.2) is 0 Å². The molecule has 0 spiro atoms. The second kappa shape index (κ2) is 7.35. The van der Waals surface area contributed by atoms with E-state index in [-0.39, 0.29) is 11.7 Å². The fourth-order valence-electron chi connectivity index (χ4n) is 2.65. The van der Waals surface area contributed by atoms with E-state index in [9.17, 15) is 9.59 Å². The lowest BCUT2D eigenvalue weighted by Crippen LogP contribution is -2.18. The molecule has 2 aromatic rings. The average Bonchev–Trinajstić information content (AvgIpc) is 3.08. The molecule has 1 heterocycles. The zero-order chi connectivity index (χ0) is 17.3. The Morgan fingerprint density at radius 2 is 2.08 bits per heavy atom. The summed E-state index contributed by atoms with van der Waals surface area (Å²) in [5.74, 6) is -0.533. The van der Waals surface area contributed by atoms with E-state index in [1.54, 1.807) is 18.2 Å². The number of carbonyl (C=O) groups excluding carboxylic acids is 2. The van der Waals surface area contributed by atoms with Gasteiger partial charge in [0.2, 0.25) is 5.91 Å². The maximum absolute atomic E-state index is 12.2. The van der Waals surface area contributed by atoms with Gasteiger partial charge in [-0.1, -0.05) is 23.2 Å². The van der Waals surface area contributed by atoms with Crippen molar-refractivity contribution in [2.45, 2.75) is 24.2 Å². The molecule has 1 aliphatic carbocycles. The summed E-state index contributed by atoms with van der Waals surface area (Å²) < 4.78 is 0. The molecule has 1 aromatic heterocycles. The number of anilines is 1. The third-order valence-corrected chi connectivity index (χ3v) is 6.61. The fraction of sp³-hybridized carbons (Fsp3) is 0.250. The summed E-state index contributed by atoms with van der Waals surface area (Å²) in [6.07, 6.45) is 2.80. The van der Waals surface area contributed by atoms with Crippen molar-refractivity contribution in [2.75, 3.05) is 11.1 Å². The van der Waals surface area contributed by atoms with E-state index in [4.69, 9.17) is 28.9 Å². The van der Waals surface area contributed by atoms with Crippen LogP contribution >= 0.6 is 46.3 Å².